The molecule has 0 aliphatic rings. The van der Waals surface area contributed by atoms with Crippen molar-refractivity contribution in [2.45, 2.75) is 123 Å². The molecular formula is C47H76N7O12PS. The third-order valence-corrected chi connectivity index (χ3v) is 12.9. The molecule has 0 aliphatic carbocycles. The standard InChI is InChI=1S/C47H76N7O12PS/c1-32(2)23-40(43(57)25-36(24-37-27-50-31-51-37)47(61)52-34(4)42(56)26-38(46(49)60)33(3)29-67(62,63)64)53-44(58)28-54(18-11-6-5-8-13-35-14-9-7-10-15-35)45(59)17-20-66-22-21-65-19-12-16-41(55)39(48)30-68/h7,9-10,14-15,27,31-34,36,38-40,68H,5-6,8,11-13,16-26,28-30,48H2,1-4H3,(H2,49,60)(H,50,51)(H,52,61)(H,53,58)(H2,62,63,64)/t33-,34-,36+,38-,39-,40-/m0/s1. The number of amides is 4. The minimum Gasteiger partial charge on any atom is -0.379 e. The van der Waals surface area contributed by atoms with Crippen molar-refractivity contribution in [3.63, 3.8) is 0 Å². The number of aryl methyl sites for hydroxylation is 1. The largest absolute Gasteiger partial charge is 0.379 e. The van der Waals surface area contributed by atoms with Crippen LogP contribution in [0.3, 0.4) is 0 Å². The molecule has 0 fully saturated rings. The number of hydrogen-bond acceptors (Lipinski definition) is 13. The van der Waals surface area contributed by atoms with Gasteiger partial charge in [-0.15, -0.1) is 0 Å². The lowest BCUT2D eigenvalue weighted by atomic mass is 9.88. The lowest BCUT2D eigenvalue weighted by Crippen LogP contribution is -2.49. The van der Waals surface area contributed by atoms with Crippen LogP contribution in [0.25, 0.3) is 0 Å². The first-order valence-corrected chi connectivity index (χ1v) is 26.0. The summed E-state index contributed by atoms with van der Waals surface area (Å²) < 4.78 is 22.8. The van der Waals surface area contributed by atoms with E-state index in [0.717, 1.165) is 25.7 Å². The first kappa shape index (κ1) is 59.8. The summed E-state index contributed by atoms with van der Waals surface area (Å²) in [5.41, 5.74) is 13.0. The fourth-order valence-electron chi connectivity index (χ4n) is 7.55. The third-order valence-electron chi connectivity index (χ3n) is 11.4. The Hall–Kier alpha value is -4.30. The Labute approximate surface area is 406 Å². The summed E-state index contributed by atoms with van der Waals surface area (Å²) in [6.07, 6.45) is 6.85. The lowest BCUT2D eigenvalue weighted by molar-refractivity contribution is -0.138. The zero-order valence-corrected chi connectivity index (χ0v) is 41.9. The van der Waals surface area contributed by atoms with Gasteiger partial charge >= 0.3 is 7.60 Å². The number of ether oxygens (including phenoxy) is 2. The number of imidazole rings is 1. The Morgan fingerprint density at radius 2 is 1.53 bits per heavy atom. The Bertz CT molecular complexity index is 1900. The van der Waals surface area contributed by atoms with Crippen molar-refractivity contribution in [3.8, 4) is 0 Å². The number of primary amides is 1. The first-order valence-electron chi connectivity index (χ1n) is 23.5. The zero-order chi connectivity index (χ0) is 50.6. The minimum atomic E-state index is -4.52. The van der Waals surface area contributed by atoms with Gasteiger partial charge in [0, 0.05) is 62.4 Å². The average molecular weight is 994 g/mol. The monoisotopic (exact) mass is 994 g/mol. The van der Waals surface area contributed by atoms with E-state index in [1.165, 1.54) is 36.8 Å². The van der Waals surface area contributed by atoms with Crippen LogP contribution in [0.1, 0.15) is 103 Å². The average Bonchev–Trinajstić information content (AvgIpc) is 3.79. The second-order valence-electron chi connectivity index (χ2n) is 17.9. The number of unbranched alkanes of at least 4 members (excludes halogenated alkanes) is 3. The molecule has 0 radical (unpaired) electrons. The number of nitrogens with zero attached hydrogens (tertiary/aromatic N) is 2. The SMILES string of the molecule is CC(C)C[C@H](NC(=O)CN(CCCCCCc1ccccc1)C(=O)CCOCCOCCCC(=O)[C@@H](N)CS)C(=O)C[C@@H](Cc1cnc[nH]1)C(=O)N[C@@H](C)C(=O)C[C@H](C(N)=O)[C@@H](C)CP(=O)(O)O. The number of carbonyl (C=O) groups excluding carboxylic acids is 7. The van der Waals surface area contributed by atoms with Crippen molar-refractivity contribution >= 4 is 61.2 Å². The van der Waals surface area contributed by atoms with E-state index in [0.29, 0.717) is 38.1 Å². The highest BCUT2D eigenvalue weighted by atomic mass is 32.1. The van der Waals surface area contributed by atoms with Gasteiger partial charge in [-0.25, -0.2) is 4.98 Å². The summed E-state index contributed by atoms with van der Waals surface area (Å²) >= 11 is 4.04. The Balaban J connectivity index is 2.11. The predicted octanol–water partition coefficient (Wildman–Crippen LogP) is 3.10. The Morgan fingerprint density at radius 1 is 0.853 bits per heavy atom. The van der Waals surface area contributed by atoms with Crippen LogP contribution in [0.2, 0.25) is 0 Å². The highest BCUT2D eigenvalue weighted by Gasteiger charge is 2.34. The van der Waals surface area contributed by atoms with Crippen molar-refractivity contribution in [2.24, 2.45) is 35.1 Å². The highest BCUT2D eigenvalue weighted by Crippen LogP contribution is 2.39. The van der Waals surface area contributed by atoms with Crippen molar-refractivity contribution in [1.82, 2.24) is 25.5 Å². The van der Waals surface area contributed by atoms with E-state index in [2.05, 4.69) is 45.4 Å². The smallest absolute Gasteiger partial charge is 0.325 e. The number of nitrogens with two attached hydrogens (primary N) is 2. The number of carbonyl (C=O) groups is 7. The molecule has 2 aromatic rings. The molecule has 1 heterocycles. The van der Waals surface area contributed by atoms with Crippen molar-refractivity contribution in [2.75, 3.05) is 51.4 Å². The Morgan fingerprint density at radius 3 is 2.15 bits per heavy atom. The van der Waals surface area contributed by atoms with Crippen LogP contribution in [0, 0.1) is 23.7 Å². The van der Waals surface area contributed by atoms with E-state index in [1.54, 1.807) is 0 Å². The summed E-state index contributed by atoms with van der Waals surface area (Å²) in [4.78, 5) is 120. The van der Waals surface area contributed by atoms with E-state index >= 15 is 0 Å². The topological polar surface area (TPSA) is 304 Å². The van der Waals surface area contributed by atoms with Crippen LogP contribution in [0.15, 0.2) is 42.9 Å². The molecule has 68 heavy (non-hydrogen) atoms. The van der Waals surface area contributed by atoms with E-state index in [-0.39, 0.29) is 75.4 Å². The van der Waals surface area contributed by atoms with Gasteiger partial charge in [-0.1, -0.05) is 63.9 Å². The van der Waals surface area contributed by atoms with Crippen molar-refractivity contribution in [1.29, 1.82) is 0 Å². The number of aromatic amines is 1. The fourth-order valence-corrected chi connectivity index (χ4v) is 8.76. The number of Topliss-reactive ketones (excluding diaryl/α,β-unsaturated/α-hetero) is 3. The second-order valence-corrected chi connectivity index (χ2v) is 20.0. The maximum Gasteiger partial charge on any atom is 0.325 e. The van der Waals surface area contributed by atoms with Gasteiger partial charge in [-0.2, -0.15) is 12.6 Å². The van der Waals surface area contributed by atoms with Gasteiger partial charge in [0.15, 0.2) is 11.6 Å². The number of hydrogen-bond donors (Lipinski definition) is 8. The number of thiol groups is 1. The number of H-pyrrole nitrogens is 1. The van der Waals surface area contributed by atoms with Crippen LogP contribution in [-0.2, 0) is 60.4 Å². The molecule has 0 unspecified atom stereocenters. The third kappa shape index (κ3) is 25.3. The van der Waals surface area contributed by atoms with E-state index in [9.17, 15) is 47.9 Å². The van der Waals surface area contributed by atoms with Crippen LogP contribution in [-0.4, -0.2) is 135 Å². The van der Waals surface area contributed by atoms with Gasteiger partial charge in [0.2, 0.25) is 23.6 Å². The molecular weight excluding hydrogens is 918 g/mol. The number of benzene rings is 1. The number of ketones is 3. The normalized spacial score (nSPS) is 14.3. The van der Waals surface area contributed by atoms with Crippen molar-refractivity contribution < 1.29 is 57.4 Å². The summed E-state index contributed by atoms with van der Waals surface area (Å²) in [5.74, 6) is -6.44. The molecule has 4 amide bonds. The molecule has 21 heteroatoms. The maximum absolute atomic E-state index is 14.1. The van der Waals surface area contributed by atoms with E-state index in [1.807, 2.05) is 32.0 Å². The van der Waals surface area contributed by atoms with Crippen LogP contribution in [0.4, 0.5) is 0 Å². The summed E-state index contributed by atoms with van der Waals surface area (Å²) in [7, 11) is -4.52. The molecule has 9 N–H and O–H groups in total. The minimum absolute atomic E-state index is 0.00663. The zero-order valence-electron chi connectivity index (χ0n) is 40.1. The molecule has 6 atom stereocenters. The summed E-state index contributed by atoms with van der Waals surface area (Å²) in [5, 5.41) is 5.46. The first-order chi connectivity index (χ1) is 32.2. The van der Waals surface area contributed by atoms with E-state index < -0.39 is 85.3 Å². The fraction of sp³-hybridized carbons (Fsp3) is 0.660. The second kappa shape index (κ2) is 32.5. The van der Waals surface area contributed by atoms with Gasteiger partial charge in [-0.05, 0) is 56.4 Å². The molecule has 382 valence electrons. The van der Waals surface area contributed by atoms with Gasteiger partial charge < -0.3 is 51.2 Å². The van der Waals surface area contributed by atoms with Crippen LogP contribution >= 0.6 is 20.2 Å². The Kier molecular flexibility index (Phi) is 28.6. The molecule has 19 nitrogen and oxygen atoms in total. The van der Waals surface area contributed by atoms with Gasteiger partial charge in [0.1, 0.15) is 5.78 Å². The quantitative estimate of drug-likeness (QED) is 0.0273. The molecule has 2 rings (SSSR count). The number of rotatable bonds is 38. The number of nitrogens with one attached hydrogen (secondary N) is 3. The summed E-state index contributed by atoms with van der Waals surface area (Å²) in [6, 6.07) is 7.40. The number of aromatic nitrogens is 2. The van der Waals surface area contributed by atoms with Gasteiger partial charge in [-0.3, -0.25) is 38.1 Å². The van der Waals surface area contributed by atoms with Crippen molar-refractivity contribution in [3.05, 3.63) is 54.1 Å². The summed E-state index contributed by atoms with van der Waals surface area (Å²) in [6.45, 7) is 7.52. The predicted molar refractivity (Wildman–Crippen MR) is 260 cm³/mol. The van der Waals surface area contributed by atoms with Crippen LogP contribution in [0.5, 0.6) is 0 Å². The molecule has 1 aromatic carbocycles. The maximum atomic E-state index is 14.1. The van der Waals surface area contributed by atoms with Crippen LogP contribution < -0.4 is 22.1 Å². The molecule has 1 aromatic heterocycles. The lowest BCUT2D eigenvalue weighted by Gasteiger charge is -2.26. The molecule has 0 aliphatic heterocycles. The molecule has 0 saturated heterocycles. The highest BCUT2D eigenvalue weighted by molar-refractivity contribution is 7.80. The van der Waals surface area contributed by atoms with Gasteiger partial charge in [0.05, 0.1) is 69.3 Å². The van der Waals surface area contributed by atoms with Gasteiger partial charge in [0.25, 0.3) is 0 Å². The molecule has 0 spiro atoms. The molecule has 0 saturated carbocycles. The van der Waals surface area contributed by atoms with E-state index in [4.69, 9.17) is 20.9 Å². The molecule has 0 bridgehead atoms.